The molecule has 96 valence electrons. The Morgan fingerprint density at radius 2 is 2.06 bits per heavy atom. The standard InChI is InChI=1S/C12H12Cl2FN3/c1-16-11(12-9(14)6-17-18(12)2)7-4-3-5-8(13)10(7)15/h3-6,11,16H,1-2H3. The van der Waals surface area contributed by atoms with Gasteiger partial charge in [-0.05, 0) is 13.1 Å². The van der Waals surface area contributed by atoms with E-state index in [4.69, 9.17) is 23.2 Å². The molecular weight excluding hydrogens is 276 g/mol. The van der Waals surface area contributed by atoms with Crippen LogP contribution in [0.5, 0.6) is 0 Å². The van der Waals surface area contributed by atoms with Crippen LogP contribution in [-0.4, -0.2) is 16.8 Å². The average Bonchev–Trinajstić information content (AvgIpc) is 2.67. The third-order valence-corrected chi connectivity index (χ3v) is 3.38. The summed E-state index contributed by atoms with van der Waals surface area (Å²) < 4.78 is 15.7. The summed E-state index contributed by atoms with van der Waals surface area (Å²) >= 11 is 11.9. The van der Waals surface area contributed by atoms with Crippen LogP contribution in [0.1, 0.15) is 17.3 Å². The van der Waals surface area contributed by atoms with Gasteiger partial charge in [0.1, 0.15) is 5.82 Å². The van der Waals surface area contributed by atoms with Gasteiger partial charge in [-0.1, -0.05) is 35.3 Å². The van der Waals surface area contributed by atoms with Gasteiger partial charge >= 0.3 is 0 Å². The van der Waals surface area contributed by atoms with Gasteiger partial charge in [0.05, 0.1) is 28.0 Å². The summed E-state index contributed by atoms with van der Waals surface area (Å²) in [6, 6.07) is 4.49. The summed E-state index contributed by atoms with van der Waals surface area (Å²) in [6.07, 6.45) is 1.53. The maximum atomic E-state index is 14.0. The molecule has 2 rings (SSSR count). The minimum Gasteiger partial charge on any atom is -0.308 e. The fourth-order valence-corrected chi connectivity index (χ4v) is 2.38. The quantitative estimate of drug-likeness (QED) is 0.940. The lowest BCUT2D eigenvalue weighted by atomic mass is 10.0. The molecule has 0 spiro atoms. The predicted molar refractivity (Wildman–Crippen MR) is 70.5 cm³/mol. The molecule has 0 aliphatic rings. The molecular formula is C12H12Cl2FN3. The maximum Gasteiger partial charge on any atom is 0.146 e. The molecule has 6 heteroatoms. The average molecular weight is 288 g/mol. The van der Waals surface area contributed by atoms with Crippen molar-refractivity contribution in [3.8, 4) is 0 Å². The molecule has 0 aliphatic carbocycles. The van der Waals surface area contributed by atoms with Gasteiger partial charge in [-0.15, -0.1) is 0 Å². The molecule has 0 aliphatic heterocycles. The van der Waals surface area contributed by atoms with E-state index in [9.17, 15) is 4.39 Å². The van der Waals surface area contributed by atoms with Gasteiger partial charge in [0.25, 0.3) is 0 Å². The lowest BCUT2D eigenvalue weighted by Gasteiger charge is -2.18. The zero-order valence-corrected chi connectivity index (χ0v) is 11.4. The van der Waals surface area contributed by atoms with E-state index < -0.39 is 11.9 Å². The van der Waals surface area contributed by atoms with Crippen LogP contribution < -0.4 is 5.32 Å². The van der Waals surface area contributed by atoms with E-state index in [1.807, 2.05) is 0 Å². The Morgan fingerprint density at radius 1 is 1.33 bits per heavy atom. The number of rotatable bonds is 3. The summed E-state index contributed by atoms with van der Waals surface area (Å²) in [5.41, 5.74) is 1.14. The van der Waals surface area contributed by atoms with Gasteiger partial charge in [0.15, 0.2) is 0 Å². The number of nitrogens with zero attached hydrogens (tertiary/aromatic N) is 2. The maximum absolute atomic E-state index is 14.0. The van der Waals surface area contributed by atoms with Gasteiger partial charge in [-0.2, -0.15) is 5.10 Å². The topological polar surface area (TPSA) is 29.9 Å². The first-order chi connectivity index (χ1) is 8.56. The van der Waals surface area contributed by atoms with Crippen molar-refractivity contribution in [3.63, 3.8) is 0 Å². The molecule has 0 radical (unpaired) electrons. The third-order valence-electron chi connectivity index (χ3n) is 2.79. The Kier molecular flexibility index (Phi) is 3.90. The molecule has 2 aromatic rings. The normalized spacial score (nSPS) is 12.7. The number of nitrogens with one attached hydrogen (secondary N) is 1. The SMILES string of the molecule is CNC(c1cccc(Cl)c1F)c1c(Cl)cnn1C. The van der Waals surface area contributed by atoms with Crippen molar-refractivity contribution >= 4 is 23.2 Å². The van der Waals surface area contributed by atoms with Crippen molar-refractivity contribution in [3.05, 3.63) is 51.5 Å². The smallest absolute Gasteiger partial charge is 0.146 e. The van der Waals surface area contributed by atoms with E-state index in [0.717, 1.165) is 0 Å². The van der Waals surface area contributed by atoms with E-state index in [1.165, 1.54) is 12.3 Å². The van der Waals surface area contributed by atoms with Crippen molar-refractivity contribution in [2.45, 2.75) is 6.04 Å². The molecule has 1 aromatic heterocycles. The first-order valence-electron chi connectivity index (χ1n) is 5.34. The van der Waals surface area contributed by atoms with Gasteiger partial charge in [-0.3, -0.25) is 4.68 Å². The molecule has 0 fully saturated rings. The second-order valence-corrected chi connectivity index (χ2v) is 4.68. The molecule has 3 nitrogen and oxygen atoms in total. The van der Waals surface area contributed by atoms with Crippen LogP contribution in [0, 0.1) is 5.82 Å². The van der Waals surface area contributed by atoms with Crippen molar-refractivity contribution in [1.29, 1.82) is 0 Å². The molecule has 1 aromatic carbocycles. The Bertz CT molecular complexity index is 549. The second kappa shape index (κ2) is 5.26. The summed E-state index contributed by atoms with van der Waals surface area (Å²) in [5, 5.41) is 7.65. The van der Waals surface area contributed by atoms with Crippen LogP contribution in [0.25, 0.3) is 0 Å². The van der Waals surface area contributed by atoms with Crippen LogP contribution >= 0.6 is 23.2 Å². The Labute approximate surface area is 115 Å². The lowest BCUT2D eigenvalue weighted by molar-refractivity contribution is 0.552. The Morgan fingerprint density at radius 3 is 2.61 bits per heavy atom. The number of hydrogen-bond donors (Lipinski definition) is 1. The van der Waals surface area contributed by atoms with E-state index in [2.05, 4.69) is 10.4 Å². The predicted octanol–water partition coefficient (Wildman–Crippen LogP) is 3.17. The molecule has 18 heavy (non-hydrogen) atoms. The number of aryl methyl sites for hydroxylation is 1. The highest BCUT2D eigenvalue weighted by Gasteiger charge is 2.23. The fourth-order valence-electron chi connectivity index (χ4n) is 1.93. The van der Waals surface area contributed by atoms with Crippen LogP contribution in [-0.2, 0) is 7.05 Å². The molecule has 0 bridgehead atoms. The summed E-state index contributed by atoms with van der Waals surface area (Å²) in [6.45, 7) is 0. The van der Waals surface area contributed by atoms with E-state index in [-0.39, 0.29) is 5.02 Å². The third kappa shape index (κ3) is 2.23. The largest absolute Gasteiger partial charge is 0.308 e. The number of aromatic nitrogens is 2. The number of benzene rings is 1. The first kappa shape index (κ1) is 13.3. The summed E-state index contributed by atoms with van der Waals surface area (Å²) in [5.74, 6) is -0.448. The first-order valence-corrected chi connectivity index (χ1v) is 6.10. The van der Waals surface area contributed by atoms with Crippen molar-refractivity contribution in [2.75, 3.05) is 7.05 Å². The monoisotopic (exact) mass is 287 g/mol. The van der Waals surface area contributed by atoms with Gasteiger partial charge in [-0.25, -0.2) is 4.39 Å². The zero-order chi connectivity index (χ0) is 13.3. The van der Waals surface area contributed by atoms with E-state index in [0.29, 0.717) is 16.3 Å². The lowest BCUT2D eigenvalue weighted by Crippen LogP contribution is -2.22. The summed E-state index contributed by atoms with van der Waals surface area (Å²) in [4.78, 5) is 0. The van der Waals surface area contributed by atoms with Crippen LogP contribution in [0.2, 0.25) is 10.0 Å². The van der Waals surface area contributed by atoms with Gasteiger partial charge < -0.3 is 5.32 Å². The highest BCUT2D eigenvalue weighted by atomic mass is 35.5. The highest BCUT2D eigenvalue weighted by Crippen LogP contribution is 2.31. The summed E-state index contributed by atoms with van der Waals surface area (Å²) in [7, 11) is 3.49. The van der Waals surface area contributed by atoms with Crippen molar-refractivity contribution in [2.24, 2.45) is 7.05 Å². The van der Waals surface area contributed by atoms with Crippen molar-refractivity contribution in [1.82, 2.24) is 15.1 Å². The van der Waals surface area contributed by atoms with Crippen LogP contribution in [0.15, 0.2) is 24.4 Å². The van der Waals surface area contributed by atoms with Gasteiger partial charge in [0, 0.05) is 12.6 Å². The van der Waals surface area contributed by atoms with E-state index in [1.54, 1.807) is 30.9 Å². The van der Waals surface area contributed by atoms with Crippen LogP contribution in [0.4, 0.5) is 4.39 Å². The minimum atomic E-state index is -0.448. The van der Waals surface area contributed by atoms with E-state index >= 15 is 0 Å². The van der Waals surface area contributed by atoms with Crippen LogP contribution in [0.3, 0.4) is 0 Å². The molecule has 1 atom stereocenters. The zero-order valence-electron chi connectivity index (χ0n) is 9.92. The highest BCUT2D eigenvalue weighted by molar-refractivity contribution is 6.31. The van der Waals surface area contributed by atoms with Crippen molar-refractivity contribution < 1.29 is 4.39 Å². The Hall–Kier alpha value is -1.10. The second-order valence-electron chi connectivity index (χ2n) is 3.87. The number of halogens is 3. The van der Waals surface area contributed by atoms with Gasteiger partial charge in [0.2, 0.25) is 0 Å². The number of hydrogen-bond acceptors (Lipinski definition) is 2. The minimum absolute atomic E-state index is 0.0889. The molecule has 0 amide bonds. The molecule has 1 unspecified atom stereocenters. The molecule has 1 N–H and O–H groups in total. The molecule has 0 saturated heterocycles. The fraction of sp³-hybridized carbons (Fsp3) is 0.250. The Balaban J connectivity index is 2.56. The molecule has 0 saturated carbocycles. The molecule has 1 heterocycles.